The fourth-order valence-corrected chi connectivity index (χ4v) is 3.94. The number of benzene rings is 1. The van der Waals surface area contributed by atoms with E-state index in [1.165, 1.54) is 24.5 Å². The van der Waals surface area contributed by atoms with Crippen LogP contribution in [0.25, 0.3) is 6.08 Å². The Labute approximate surface area is 200 Å². The van der Waals surface area contributed by atoms with Crippen LogP contribution in [0, 0.1) is 0 Å². The molecule has 9 heteroatoms. The van der Waals surface area contributed by atoms with Crippen molar-refractivity contribution in [2.24, 2.45) is 0 Å². The van der Waals surface area contributed by atoms with E-state index in [0.717, 1.165) is 44.6 Å². The van der Waals surface area contributed by atoms with Crippen molar-refractivity contribution in [2.45, 2.75) is 44.9 Å². The number of para-hydroxylation sites is 1. The van der Waals surface area contributed by atoms with E-state index in [9.17, 15) is 4.79 Å². The Morgan fingerprint density at radius 3 is 2.82 bits per heavy atom. The van der Waals surface area contributed by atoms with Crippen molar-refractivity contribution < 1.29 is 19.1 Å². The summed E-state index contributed by atoms with van der Waals surface area (Å²) in [5.74, 6) is 1.20. The summed E-state index contributed by atoms with van der Waals surface area (Å²) >= 11 is 0. The first-order valence-corrected chi connectivity index (χ1v) is 12.0. The highest BCUT2D eigenvalue weighted by Crippen LogP contribution is 2.22. The lowest BCUT2D eigenvalue weighted by Gasteiger charge is -2.21. The number of nitrogens with zero attached hydrogens (tertiary/aromatic N) is 3. The Bertz CT molecular complexity index is 925. The van der Waals surface area contributed by atoms with Gasteiger partial charge in [0.1, 0.15) is 18.2 Å². The third-order valence-electron chi connectivity index (χ3n) is 5.74. The molecule has 0 radical (unpaired) electrons. The Morgan fingerprint density at radius 2 is 2.03 bits per heavy atom. The SMILES string of the molecule is O=C(/C=C/c1cnc(NCCOc2ccccc2CN2CCCC2)cn1)NOC1CCCCO1. The van der Waals surface area contributed by atoms with Crippen molar-refractivity contribution in [1.29, 1.82) is 0 Å². The number of ether oxygens (including phenoxy) is 2. The number of carbonyl (C=O) groups excluding carboxylic acids is 1. The highest BCUT2D eigenvalue weighted by atomic mass is 16.8. The van der Waals surface area contributed by atoms with E-state index in [4.69, 9.17) is 14.3 Å². The monoisotopic (exact) mass is 467 g/mol. The van der Waals surface area contributed by atoms with Crippen LogP contribution in [0.2, 0.25) is 0 Å². The quantitative estimate of drug-likeness (QED) is 0.296. The number of hydrogen-bond donors (Lipinski definition) is 2. The molecule has 2 fully saturated rings. The molecule has 0 bridgehead atoms. The number of hydrogen-bond acceptors (Lipinski definition) is 8. The molecular weight excluding hydrogens is 434 g/mol. The summed E-state index contributed by atoms with van der Waals surface area (Å²) in [7, 11) is 0. The highest BCUT2D eigenvalue weighted by Gasteiger charge is 2.15. The molecule has 1 unspecified atom stereocenters. The highest BCUT2D eigenvalue weighted by molar-refractivity contribution is 5.90. The second-order valence-electron chi connectivity index (χ2n) is 8.41. The minimum atomic E-state index is -0.376. The molecular formula is C25H33N5O4. The van der Waals surface area contributed by atoms with Crippen molar-refractivity contribution in [3.05, 3.63) is 54.0 Å². The van der Waals surface area contributed by atoms with Gasteiger partial charge in [-0.3, -0.25) is 14.7 Å². The molecule has 9 nitrogen and oxygen atoms in total. The summed E-state index contributed by atoms with van der Waals surface area (Å²) in [6.45, 7) is 5.03. The number of aromatic nitrogens is 2. The summed E-state index contributed by atoms with van der Waals surface area (Å²) in [5.41, 5.74) is 4.17. The minimum Gasteiger partial charge on any atom is -0.491 e. The van der Waals surface area contributed by atoms with Crippen LogP contribution in [0.3, 0.4) is 0 Å². The van der Waals surface area contributed by atoms with E-state index in [2.05, 4.69) is 37.8 Å². The summed E-state index contributed by atoms with van der Waals surface area (Å²) < 4.78 is 11.4. The topological polar surface area (TPSA) is 97.8 Å². The van der Waals surface area contributed by atoms with Gasteiger partial charge >= 0.3 is 0 Å². The standard InChI is InChI=1S/C25H33N5O4/c31-24(29-34-25-9-3-6-15-33-25)11-10-21-17-28-23(18-27-21)26-12-16-32-22-8-2-1-7-20(22)19-30-13-4-5-14-30/h1-2,7-8,10-11,17-18,25H,3-6,9,12-16,19H2,(H,26,28)(H,29,31)/b11-10+. The molecule has 1 amide bonds. The molecule has 1 aromatic carbocycles. The molecule has 1 atom stereocenters. The second kappa shape index (κ2) is 13.0. The van der Waals surface area contributed by atoms with Crippen LogP contribution in [0.15, 0.2) is 42.7 Å². The molecule has 0 saturated carbocycles. The molecule has 2 aliphatic heterocycles. The van der Waals surface area contributed by atoms with Crippen molar-refractivity contribution in [3.8, 4) is 5.75 Å². The number of anilines is 1. The number of nitrogens with one attached hydrogen (secondary N) is 2. The number of carbonyl (C=O) groups is 1. The fraction of sp³-hybridized carbons (Fsp3) is 0.480. The average Bonchev–Trinajstić information content (AvgIpc) is 3.39. The number of hydroxylamine groups is 1. The second-order valence-corrected chi connectivity index (χ2v) is 8.41. The van der Waals surface area contributed by atoms with Gasteiger partial charge in [0, 0.05) is 31.2 Å². The van der Waals surface area contributed by atoms with Crippen LogP contribution in [-0.2, 0) is 20.9 Å². The van der Waals surface area contributed by atoms with Gasteiger partial charge in [0.25, 0.3) is 5.91 Å². The third-order valence-corrected chi connectivity index (χ3v) is 5.74. The van der Waals surface area contributed by atoms with Crippen LogP contribution >= 0.6 is 0 Å². The van der Waals surface area contributed by atoms with Gasteiger partial charge < -0.3 is 14.8 Å². The van der Waals surface area contributed by atoms with Gasteiger partial charge in [-0.25, -0.2) is 15.3 Å². The van der Waals surface area contributed by atoms with Crippen LogP contribution in [0.4, 0.5) is 5.82 Å². The number of likely N-dealkylation sites (tertiary alicyclic amines) is 1. The van der Waals surface area contributed by atoms with E-state index >= 15 is 0 Å². The number of amides is 1. The zero-order valence-corrected chi connectivity index (χ0v) is 19.4. The lowest BCUT2D eigenvalue weighted by atomic mass is 10.2. The molecule has 2 aliphatic rings. The van der Waals surface area contributed by atoms with Gasteiger partial charge in [-0.15, -0.1) is 0 Å². The Morgan fingerprint density at radius 1 is 1.15 bits per heavy atom. The smallest absolute Gasteiger partial charge is 0.267 e. The Balaban J connectivity index is 1.16. The van der Waals surface area contributed by atoms with Crippen molar-refractivity contribution >= 4 is 17.8 Å². The lowest BCUT2D eigenvalue weighted by Crippen LogP contribution is -2.32. The van der Waals surface area contributed by atoms with E-state index < -0.39 is 0 Å². The molecule has 2 N–H and O–H groups in total. The molecule has 0 aliphatic carbocycles. The first kappa shape index (κ1) is 24.1. The normalized spacial score (nSPS) is 18.8. The third kappa shape index (κ3) is 7.79. The van der Waals surface area contributed by atoms with Crippen molar-refractivity contribution in [1.82, 2.24) is 20.3 Å². The maximum atomic E-state index is 11.9. The lowest BCUT2D eigenvalue weighted by molar-refractivity contribution is -0.198. The predicted octanol–water partition coefficient (Wildman–Crippen LogP) is 3.15. The Hall–Kier alpha value is -3.01. The van der Waals surface area contributed by atoms with E-state index in [-0.39, 0.29) is 12.2 Å². The van der Waals surface area contributed by atoms with Gasteiger partial charge in [0.05, 0.1) is 24.6 Å². The molecule has 34 heavy (non-hydrogen) atoms. The maximum Gasteiger partial charge on any atom is 0.267 e. The van der Waals surface area contributed by atoms with Gasteiger partial charge in [-0.05, 0) is 50.9 Å². The van der Waals surface area contributed by atoms with Gasteiger partial charge in [0.15, 0.2) is 6.29 Å². The van der Waals surface area contributed by atoms with E-state index in [1.54, 1.807) is 18.5 Å². The number of rotatable bonds is 11. The van der Waals surface area contributed by atoms with Crippen LogP contribution in [0.1, 0.15) is 43.4 Å². The summed E-state index contributed by atoms with van der Waals surface area (Å²) in [5, 5.41) is 3.21. The van der Waals surface area contributed by atoms with Crippen LogP contribution in [0.5, 0.6) is 5.75 Å². The first-order valence-electron chi connectivity index (χ1n) is 12.0. The van der Waals surface area contributed by atoms with Gasteiger partial charge in [-0.2, -0.15) is 0 Å². The van der Waals surface area contributed by atoms with Crippen LogP contribution < -0.4 is 15.5 Å². The molecule has 2 aromatic rings. The largest absolute Gasteiger partial charge is 0.491 e. The van der Waals surface area contributed by atoms with Crippen molar-refractivity contribution in [2.75, 3.05) is 38.2 Å². The Kier molecular flexibility index (Phi) is 9.24. The first-order chi connectivity index (χ1) is 16.8. The van der Waals surface area contributed by atoms with E-state index in [0.29, 0.717) is 31.3 Å². The molecule has 182 valence electrons. The maximum absolute atomic E-state index is 11.9. The van der Waals surface area contributed by atoms with Gasteiger partial charge in [-0.1, -0.05) is 18.2 Å². The average molecular weight is 468 g/mol. The zero-order chi connectivity index (χ0) is 23.4. The van der Waals surface area contributed by atoms with Crippen LogP contribution in [-0.4, -0.2) is 59.9 Å². The minimum absolute atomic E-state index is 0.375. The summed E-state index contributed by atoms with van der Waals surface area (Å²) in [4.78, 5) is 28.2. The molecule has 2 saturated heterocycles. The van der Waals surface area contributed by atoms with E-state index in [1.807, 2.05) is 12.1 Å². The molecule has 4 rings (SSSR count). The van der Waals surface area contributed by atoms with Crippen molar-refractivity contribution in [3.63, 3.8) is 0 Å². The fourth-order valence-electron chi connectivity index (χ4n) is 3.94. The summed E-state index contributed by atoms with van der Waals surface area (Å²) in [6, 6.07) is 8.22. The molecule has 0 spiro atoms. The molecule has 1 aromatic heterocycles. The zero-order valence-electron chi connectivity index (χ0n) is 19.4. The predicted molar refractivity (Wildman–Crippen MR) is 129 cm³/mol. The summed E-state index contributed by atoms with van der Waals surface area (Å²) in [6.07, 6.45) is 11.2. The van der Waals surface area contributed by atoms with Gasteiger partial charge in [0.2, 0.25) is 0 Å². The molecule has 3 heterocycles.